The number of thioether (sulfide) groups is 1. The third kappa shape index (κ3) is 3.28. The monoisotopic (exact) mass is 332 g/mol. The van der Waals surface area contributed by atoms with Gasteiger partial charge < -0.3 is 5.32 Å². The third-order valence-electron chi connectivity index (χ3n) is 3.13. The van der Waals surface area contributed by atoms with Gasteiger partial charge in [-0.05, 0) is 36.1 Å². The minimum Gasteiger partial charge on any atom is -0.302 e. The number of para-hydroxylation sites is 1. The zero-order valence-electron chi connectivity index (χ0n) is 11.8. The fraction of sp³-hybridized carbons (Fsp3) is 0.125. The first-order valence-electron chi connectivity index (χ1n) is 6.63. The van der Waals surface area contributed by atoms with Crippen molar-refractivity contribution in [2.45, 2.75) is 11.3 Å². The molecule has 112 valence electrons. The summed E-state index contributed by atoms with van der Waals surface area (Å²) in [6.45, 7) is 0. The smallest absolute Gasteiger partial charge is 0.230 e. The number of nitrogens with one attached hydrogen (secondary N) is 1. The molecule has 0 aliphatic carbocycles. The molecule has 0 fully saturated rings. The zero-order chi connectivity index (χ0) is 15.5. The molecule has 1 heterocycles. The number of aromatic nitrogens is 1. The van der Waals surface area contributed by atoms with Gasteiger partial charge in [0, 0.05) is 4.90 Å². The molecule has 22 heavy (non-hydrogen) atoms. The number of anilines is 1. The van der Waals surface area contributed by atoms with E-state index in [0.29, 0.717) is 5.13 Å². The summed E-state index contributed by atoms with van der Waals surface area (Å²) in [4.78, 5) is 17.6. The summed E-state index contributed by atoms with van der Waals surface area (Å²) < 4.78 is 13.9. The highest BCUT2D eigenvalue weighted by Crippen LogP contribution is 2.32. The Morgan fingerprint density at radius 2 is 2.05 bits per heavy atom. The number of nitrogens with zero attached hydrogens (tertiary/aromatic N) is 1. The van der Waals surface area contributed by atoms with E-state index in [-0.39, 0.29) is 18.1 Å². The maximum Gasteiger partial charge on any atom is 0.230 e. The molecule has 3 rings (SSSR count). The number of hydrogen-bond acceptors (Lipinski definition) is 4. The Bertz CT molecular complexity index is 815. The SMILES string of the molecule is CSc1cccc2sc(NC(=O)Cc3ccc(F)cc3)nc12. The fourth-order valence-corrected chi connectivity index (χ4v) is 3.63. The van der Waals surface area contributed by atoms with E-state index in [2.05, 4.69) is 10.3 Å². The molecule has 2 aromatic carbocycles. The quantitative estimate of drug-likeness (QED) is 0.723. The van der Waals surface area contributed by atoms with Crippen molar-refractivity contribution in [1.82, 2.24) is 4.98 Å². The van der Waals surface area contributed by atoms with Crippen molar-refractivity contribution in [2.24, 2.45) is 0 Å². The topological polar surface area (TPSA) is 42.0 Å². The molecule has 0 saturated carbocycles. The maximum absolute atomic E-state index is 12.8. The van der Waals surface area contributed by atoms with Crippen LogP contribution in [0.2, 0.25) is 0 Å². The van der Waals surface area contributed by atoms with Crippen LogP contribution in [0.15, 0.2) is 47.4 Å². The average Bonchev–Trinajstić information content (AvgIpc) is 2.91. The molecular weight excluding hydrogens is 319 g/mol. The minimum absolute atomic E-state index is 0.156. The molecule has 0 aliphatic rings. The third-order valence-corrected chi connectivity index (χ3v) is 4.83. The largest absolute Gasteiger partial charge is 0.302 e. The summed E-state index contributed by atoms with van der Waals surface area (Å²) in [5, 5.41) is 3.40. The van der Waals surface area contributed by atoms with Gasteiger partial charge in [-0.25, -0.2) is 9.37 Å². The number of fused-ring (bicyclic) bond motifs is 1. The number of amides is 1. The van der Waals surface area contributed by atoms with Crippen LogP contribution < -0.4 is 5.32 Å². The normalized spacial score (nSPS) is 10.8. The molecule has 1 N–H and O–H groups in total. The van der Waals surface area contributed by atoms with Crippen LogP contribution in [0, 0.1) is 5.82 Å². The lowest BCUT2D eigenvalue weighted by molar-refractivity contribution is -0.115. The number of benzene rings is 2. The predicted molar refractivity (Wildman–Crippen MR) is 90.1 cm³/mol. The number of carbonyl (C=O) groups excluding carboxylic acids is 1. The van der Waals surface area contributed by atoms with Gasteiger partial charge in [-0.15, -0.1) is 11.8 Å². The van der Waals surface area contributed by atoms with E-state index in [1.807, 2.05) is 24.5 Å². The number of carbonyl (C=O) groups is 1. The summed E-state index contributed by atoms with van der Waals surface area (Å²) in [5.41, 5.74) is 1.68. The van der Waals surface area contributed by atoms with Gasteiger partial charge in [-0.3, -0.25) is 4.79 Å². The Kier molecular flexibility index (Phi) is 4.40. The van der Waals surface area contributed by atoms with Gasteiger partial charge >= 0.3 is 0 Å². The molecule has 0 aliphatic heterocycles. The molecule has 0 bridgehead atoms. The fourth-order valence-electron chi connectivity index (χ4n) is 2.09. The second kappa shape index (κ2) is 6.46. The maximum atomic E-state index is 12.8. The highest BCUT2D eigenvalue weighted by atomic mass is 32.2. The molecule has 3 nitrogen and oxygen atoms in total. The highest BCUT2D eigenvalue weighted by Gasteiger charge is 2.10. The Morgan fingerprint density at radius 1 is 1.27 bits per heavy atom. The number of rotatable bonds is 4. The Hall–Kier alpha value is -1.92. The van der Waals surface area contributed by atoms with Gasteiger partial charge in [0.1, 0.15) is 5.82 Å². The van der Waals surface area contributed by atoms with E-state index in [9.17, 15) is 9.18 Å². The highest BCUT2D eigenvalue weighted by molar-refractivity contribution is 7.98. The van der Waals surface area contributed by atoms with Gasteiger partial charge in [0.2, 0.25) is 5.91 Å². The van der Waals surface area contributed by atoms with Crippen molar-refractivity contribution >= 4 is 44.4 Å². The van der Waals surface area contributed by atoms with Gasteiger partial charge in [-0.2, -0.15) is 0 Å². The second-order valence-electron chi connectivity index (χ2n) is 4.68. The Morgan fingerprint density at radius 3 is 2.77 bits per heavy atom. The van der Waals surface area contributed by atoms with E-state index >= 15 is 0 Å². The molecule has 1 amide bonds. The molecule has 1 aromatic heterocycles. The lowest BCUT2D eigenvalue weighted by atomic mass is 10.1. The van der Waals surface area contributed by atoms with E-state index < -0.39 is 0 Å². The van der Waals surface area contributed by atoms with Gasteiger partial charge in [-0.1, -0.05) is 29.5 Å². The van der Waals surface area contributed by atoms with Crippen LogP contribution in [0.25, 0.3) is 10.2 Å². The first-order valence-corrected chi connectivity index (χ1v) is 8.67. The lowest BCUT2D eigenvalue weighted by Gasteiger charge is -2.01. The van der Waals surface area contributed by atoms with Crippen LogP contribution in [-0.2, 0) is 11.2 Å². The molecule has 0 unspecified atom stereocenters. The van der Waals surface area contributed by atoms with Gasteiger partial charge in [0.05, 0.1) is 16.6 Å². The summed E-state index contributed by atoms with van der Waals surface area (Å²) in [6.07, 6.45) is 2.20. The first-order chi connectivity index (χ1) is 10.7. The second-order valence-corrected chi connectivity index (χ2v) is 6.56. The standard InChI is InChI=1S/C16H13FN2OS2/c1-21-12-3-2-4-13-15(12)19-16(22-13)18-14(20)9-10-5-7-11(17)8-6-10/h2-8H,9H2,1H3,(H,18,19,20). The van der Waals surface area contributed by atoms with Crippen LogP contribution in [0.4, 0.5) is 9.52 Å². The van der Waals surface area contributed by atoms with Crippen LogP contribution >= 0.6 is 23.1 Å². The molecule has 6 heteroatoms. The number of halogens is 1. The van der Waals surface area contributed by atoms with Crippen molar-refractivity contribution in [3.05, 3.63) is 53.8 Å². The Labute approximate surface area is 135 Å². The van der Waals surface area contributed by atoms with Crippen LogP contribution in [0.1, 0.15) is 5.56 Å². The average molecular weight is 332 g/mol. The molecule has 0 atom stereocenters. The van der Waals surface area contributed by atoms with Crippen molar-refractivity contribution < 1.29 is 9.18 Å². The zero-order valence-corrected chi connectivity index (χ0v) is 13.4. The molecule has 3 aromatic rings. The predicted octanol–water partition coefficient (Wildman–Crippen LogP) is 4.34. The van der Waals surface area contributed by atoms with Crippen LogP contribution in [0.3, 0.4) is 0 Å². The van der Waals surface area contributed by atoms with E-state index in [0.717, 1.165) is 20.7 Å². The van der Waals surface area contributed by atoms with E-state index in [1.54, 1.807) is 23.9 Å². The molecule has 0 spiro atoms. The van der Waals surface area contributed by atoms with Crippen molar-refractivity contribution in [2.75, 3.05) is 11.6 Å². The summed E-state index contributed by atoms with van der Waals surface area (Å²) in [5.74, 6) is -0.462. The summed E-state index contributed by atoms with van der Waals surface area (Å²) in [7, 11) is 0. The summed E-state index contributed by atoms with van der Waals surface area (Å²) >= 11 is 3.08. The molecule has 0 radical (unpaired) electrons. The van der Waals surface area contributed by atoms with Crippen molar-refractivity contribution in [3.63, 3.8) is 0 Å². The van der Waals surface area contributed by atoms with E-state index in [1.165, 1.54) is 23.5 Å². The number of thiazole rings is 1. The molecule has 0 saturated heterocycles. The Balaban J connectivity index is 1.75. The number of hydrogen-bond donors (Lipinski definition) is 1. The van der Waals surface area contributed by atoms with Gasteiger partial charge in [0.15, 0.2) is 5.13 Å². The van der Waals surface area contributed by atoms with Crippen molar-refractivity contribution in [3.8, 4) is 0 Å². The minimum atomic E-state index is -0.306. The summed E-state index contributed by atoms with van der Waals surface area (Å²) in [6, 6.07) is 11.9. The first kappa shape index (κ1) is 15.0. The van der Waals surface area contributed by atoms with Gasteiger partial charge in [0.25, 0.3) is 0 Å². The van der Waals surface area contributed by atoms with Crippen LogP contribution in [-0.4, -0.2) is 17.1 Å². The van der Waals surface area contributed by atoms with E-state index in [4.69, 9.17) is 0 Å². The van der Waals surface area contributed by atoms with Crippen molar-refractivity contribution in [1.29, 1.82) is 0 Å². The van der Waals surface area contributed by atoms with Crippen LogP contribution in [0.5, 0.6) is 0 Å². The lowest BCUT2D eigenvalue weighted by Crippen LogP contribution is -2.14. The molecular formula is C16H13FN2OS2.